The molecule has 0 saturated heterocycles. The molecule has 2 aromatic rings. The number of aliphatic carboxylic acids is 1. The zero-order valence-electron chi connectivity index (χ0n) is 11.0. The molecule has 3 nitrogen and oxygen atoms in total. The van der Waals surface area contributed by atoms with Crippen LogP contribution in [0.15, 0.2) is 48.5 Å². The van der Waals surface area contributed by atoms with Crippen molar-refractivity contribution in [2.45, 2.75) is 19.4 Å². The summed E-state index contributed by atoms with van der Waals surface area (Å²) >= 11 is 5.95. The highest BCUT2D eigenvalue weighted by Crippen LogP contribution is 2.19. The zero-order chi connectivity index (χ0) is 14.5. The van der Waals surface area contributed by atoms with E-state index in [4.69, 9.17) is 16.3 Å². The summed E-state index contributed by atoms with van der Waals surface area (Å²) in [5, 5.41) is 9.89. The van der Waals surface area contributed by atoms with Crippen LogP contribution in [-0.2, 0) is 11.2 Å². The third-order valence-corrected chi connectivity index (χ3v) is 3.25. The monoisotopic (exact) mass is 290 g/mol. The summed E-state index contributed by atoms with van der Waals surface area (Å²) < 4.78 is 5.53. The summed E-state index contributed by atoms with van der Waals surface area (Å²) in [4.78, 5) is 11.3. The first-order valence-electron chi connectivity index (χ1n) is 6.26. The first-order chi connectivity index (χ1) is 9.56. The summed E-state index contributed by atoms with van der Waals surface area (Å²) in [7, 11) is 0. The van der Waals surface area contributed by atoms with Crippen molar-refractivity contribution in [3.8, 4) is 5.75 Å². The van der Waals surface area contributed by atoms with E-state index < -0.39 is 12.1 Å². The van der Waals surface area contributed by atoms with E-state index in [0.29, 0.717) is 10.8 Å². The molecule has 0 aliphatic rings. The quantitative estimate of drug-likeness (QED) is 0.913. The second kappa shape index (κ2) is 6.44. The lowest BCUT2D eigenvalue weighted by molar-refractivity contribution is -0.145. The number of benzene rings is 2. The molecule has 0 aliphatic carbocycles. The lowest BCUT2D eigenvalue weighted by Gasteiger charge is -2.16. The minimum absolute atomic E-state index is 0.274. The first-order valence-corrected chi connectivity index (χ1v) is 6.63. The number of carboxylic acid groups (broad SMARTS) is 1. The van der Waals surface area contributed by atoms with E-state index in [9.17, 15) is 9.90 Å². The Morgan fingerprint density at radius 3 is 2.60 bits per heavy atom. The van der Waals surface area contributed by atoms with Crippen LogP contribution in [0.25, 0.3) is 0 Å². The number of hydrogen-bond donors (Lipinski definition) is 1. The van der Waals surface area contributed by atoms with Crippen molar-refractivity contribution in [1.29, 1.82) is 0 Å². The molecular weight excluding hydrogens is 276 g/mol. The van der Waals surface area contributed by atoms with Gasteiger partial charge in [-0.05, 0) is 42.3 Å². The van der Waals surface area contributed by atoms with Crippen molar-refractivity contribution in [2.24, 2.45) is 0 Å². The van der Waals surface area contributed by atoms with E-state index in [1.807, 2.05) is 19.1 Å². The topological polar surface area (TPSA) is 46.5 Å². The largest absolute Gasteiger partial charge is 0.478 e. The third-order valence-electron chi connectivity index (χ3n) is 3.01. The Hall–Kier alpha value is -2.00. The van der Waals surface area contributed by atoms with Crippen LogP contribution >= 0.6 is 11.6 Å². The molecule has 0 bridgehead atoms. The molecule has 0 unspecified atom stereocenters. The standard InChI is InChI=1S/C16H15ClO3/c1-11-7-8-13(17)9-12(11)10-15(16(18)19)20-14-5-3-2-4-6-14/h2-9,15H,10H2,1H3,(H,18,19)/t15-/m1/s1. The van der Waals surface area contributed by atoms with E-state index >= 15 is 0 Å². The molecule has 20 heavy (non-hydrogen) atoms. The maximum atomic E-state index is 11.3. The fraction of sp³-hybridized carbons (Fsp3) is 0.188. The molecule has 0 spiro atoms. The van der Waals surface area contributed by atoms with Crippen LogP contribution in [0.2, 0.25) is 5.02 Å². The summed E-state index contributed by atoms with van der Waals surface area (Å²) in [6, 6.07) is 14.4. The average molecular weight is 291 g/mol. The van der Waals surface area contributed by atoms with Crippen molar-refractivity contribution in [3.63, 3.8) is 0 Å². The summed E-state index contributed by atoms with van der Waals surface area (Å²) in [5.41, 5.74) is 1.87. The lowest BCUT2D eigenvalue weighted by Crippen LogP contribution is -2.29. The number of hydrogen-bond acceptors (Lipinski definition) is 2. The smallest absolute Gasteiger partial charge is 0.345 e. The second-order valence-electron chi connectivity index (χ2n) is 4.53. The minimum atomic E-state index is -0.992. The normalized spacial score (nSPS) is 11.9. The van der Waals surface area contributed by atoms with Gasteiger partial charge in [0, 0.05) is 11.4 Å². The molecule has 0 fully saturated rings. The molecule has 0 saturated carbocycles. The van der Waals surface area contributed by atoms with Crippen LogP contribution in [-0.4, -0.2) is 17.2 Å². The molecule has 0 heterocycles. The zero-order valence-corrected chi connectivity index (χ0v) is 11.8. The Bertz CT molecular complexity index is 596. The fourth-order valence-electron chi connectivity index (χ4n) is 1.90. The fourth-order valence-corrected chi connectivity index (χ4v) is 2.10. The van der Waals surface area contributed by atoms with E-state index in [-0.39, 0.29) is 6.42 Å². The van der Waals surface area contributed by atoms with Gasteiger partial charge in [0.15, 0.2) is 6.10 Å². The second-order valence-corrected chi connectivity index (χ2v) is 4.97. The number of para-hydroxylation sites is 1. The van der Waals surface area contributed by atoms with Crippen molar-refractivity contribution in [1.82, 2.24) is 0 Å². The van der Waals surface area contributed by atoms with Crippen molar-refractivity contribution >= 4 is 17.6 Å². The number of aryl methyl sites for hydroxylation is 1. The van der Waals surface area contributed by atoms with Crippen LogP contribution in [0.3, 0.4) is 0 Å². The van der Waals surface area contributed by atoms with Gasteiger partial charge < -0.3 is 9.84 Å². The van der Waals surface area contributed by atoms with E-state index in [0.717, 1.165) is 11.1 Å². The van der Waals surface area contributed by atoms with Gasteiger partial charge in [-0.25, -0.2) is 4.79 Å². The number of carboxylic acids is 1. The SMILES string of the molecule is Cc1ccc(Cl)cc1C[C@@H](Oc1ccccc1)C(=O)O. The van der Waals surface area contributed by atoms with Gasteiger partial charge in [0.1, 0.15) is 5.75 Å². The Balaban J connectivity index is 2.18. The van der Waals surface area contributed by atoms with Crippen molar-refractivity contribution < 1.29 is 14.6 Å². The van der Waals surface area contributed by atoms with Gasteiger partial charge in [-0.1, -0.05) is 35.9 Å². The molecule has 0 amide bonds. The van der Waals surface area contributed by atoms with Crippen LogP contribution in [0.1, 0.15) is 11.1 Å². The molecule has 2 aromatic carbocycles. The highest BCUT2D eigenvalue weighted by atomic mass is 35.5. The molecule has 2 rings (SSSR count). The Labute approximate surface area is 122 Å². The Morgan fingerprint density at radius 1 is 1.25 bits per heavy atom. The summed E-state index contributed by atoms with van der Waals surface area (Å²) in [6.45, 7) is 1.92. The Morgan fingerprint density at radius 2 is 1.95 bits per heavy atom. The molecule has 4 heteroatoms. The first kappa shape index (κ1) is 14.4. The maximum Gasteiger partial charge on any atom is 0.345 e. The van der Waals surface area contributed by atoms with Crippen LogP contribution in [0.5, 0.6) is 5.75 Å². The van der Waals surface area contributed by atoms with E-state index in [2.05, 4.69) is 0 Å². The summed E-state index contributed by atoms with van der Waals surface area (Å²) in [5.74, 6) is -0.451. The molecule has 0 radical (unpaired) electrons. The molecule has 104 valence electrons. The van der Waals surface area contributed by atoms with Crippen molar-refractivity contribution in [3.05, 3.63) is 64.7 Å². The van der Waals surface area contributed by atoms with Crippen LogP contribution < -0.4 is 4.74 Å². The number of ether oxygens (including phenoxy) is 1. The summed E-state index contributed by atoms with van der Waals surface area (Å²) in [6.07, 6.45) is -0.661. The minimum Gasteiger partial charge on any atom is -0.478 e. The number of rotatable bonds is 5. The molecule has 1 atom stereocenters. The van der Waals surface area contributed by atoms with Crippen LogP contribution in [0, 0.1) is 6.92 Å². The molecular formula is C16H15ClO3. The average Bonchev–Trinajstić information content (AvgIpc) is 2.43. The van der Waals surface area contributed by atoms with Gasteiger partial charge in [0.05, 0.1) is 0 Å². The highest BCUT2D eigenvalue weighted by molar-refractivity contribution is 6.30. The number of halogens is 1. The highest BCUT2D eigenvalue weighted by Gasteiger charge is 2.21. The predicted molar refractivity (Wildman–Crippen MR) is 78.4 cm³/mol. The van der Waals surface area contributed by atoms with Crippen molar-refractivity contribution in [2.75, 3.05) is 0 Å². The van der Waals surface area contributed by atoms with E-state index in [1.165, 1.54) is 0 Å². The molecule has 0 aromatic heterocycles. The number of carbonyl (C=O) groups is 1. The lowest BCUT2D eigenvalue weighted by atomic mass is 10.0. The van der Waals surface area contributed by atoms with Gasteiger partial charge >= 0.3 is 5.97 Å². The van der Waals surface area contributed by atoms with Gasteiger partial charge in [0.2, 0.25) is 0 Å². The molecule has 1 N–H and O–H groups in total. The van der Waals surface area contributed by atoms with Gasteiger partial charge in [-0.2, -0.15) is 0 Å². The van der Waals surface area contributed by atoms with Gasteiger partial charge in [0.25, 0.3) is 0 Å². The molecule has 0 aliphatic heterocycles. The predicted octanol–water partition coefficient (Wildman–Crippen LogP) is 3.72. The van der Waals surface area contributed by atoms with Gasteiger partial charge in [-0.3, -0.25) is 0 Å². The maximum absolute atomic E-state index is 11.3. The van der Waals surface area contributed by atoms with Crippen LogP contribution in [0.4, 0.5) is 0 Å². The third kappa shape index (κ3) is 3.75. The van der Waals surface area contributed by atoms with Gasteiger partial charge in [-0.15, -0.1) is 0 Å². The Kier molecular flexibility index (Phi) is 4.64. The van der Waals surface area contributed by atoms with E-state index in [1.54, 1.807) is 36.4 Å².